The van der Waals surface area contributed by atoms with Gasteiger partial charge in [0, 0.05) is 6.54 Å². The van der Waals surface area contributed by atoms with Crippen LogP contribution in [0.15, 0.2) is 24.3 Å². The van der Waals surface area contributed by atoms with Crippen LogP contribution in [-0.4, -0.2) is 13.2 Å². The minimum Gasteiger partial charge on any atom is -0.493 e. The van der Waals surface area contributed by atoms with E-state index in [1.165, 1.54) is 24.8 Å². The molecule has 0 unspecified atom stereocenters. The lowest BCUT2D eigenvalue weighted by Crippen LogP contribution is -2.13. The molecule has 1 aromatic carbocycles. The van der Waals surface area contributed by atoms with Gasteiger partial charge >= 0.3 is 0 Å². The van der Waals surface area contributed by atoms with Gasteiger partial charge in [-0.3, -0.25) is 0 Å². The van der Waals surface area contributed by atoms with Gasteiger partial charge in [0.1, 0.15) is 5.75 Å². The number of benzene rings is 1. The maximum absolute atomic E-state index is 5.69. The molecule has 0 heterocycles. The number of nitrogens with one attached hydrogen (secondary N) is 1. The second-order valence-corrected chi connectivity index (χ2v) is 4.58. The Morgan fingerprint density at radius 3 is 2.62 bits per heavy atom. The number of hydrogen-bond donors (Lipinski definition) is 1. The summed E-state index contributed by atoms with van der Waals surface area (Å²) >= 11 is 0. The average molecular weight is 219 g/mol. The summed E-state index contributed by atoms with van der Waals surface area (Å²) in [4.78, 5) is 0. The smallest absolute Gasteiger partial charge is 0.119 e. The fraction of sp³-hybridized carbons (Fsp3) is 0.571. The SMILES string of the molecule is CCCNCc1ccc(OCC2CC2)cc1. The second-order valence-electron chi connectivity index (χ2n) is 4.58. The van der Waals surface area contributed by atoms with Crippen LogP contribution in [0.4, 0.5) is 0 Å². The fourth-order valence-corrected chi connectivity index (χ4v) is 1.61. The van der Waals surface area contributed by atoms with Crippen molar-refractivity contribution >= 4 is 0 Å². The van der Waals surface area contributed by atoms with Crippen LogP contribution in [0.1, 0.15) is 31.7 Å². The van der Waals surface area contributed by atoms with Gasteiger partial charge < -0.3 is 10.1 Å². The Morgan fingerprint density at radius 2 is 2.00 bits per heavy atom. The molecule has 2 heteroatoms. The van der Waals surface area contributed by atoms with Gasteiger partial charge in [-0.15, -0.1) is 0 Å². The van der Waals surface area contributed by atoms with E-state index in [1.807, 2.05) is 0 Å². The minimum atomic E-state index is 0.825. The van der Waals surface area contributed by atoms with Crippen molar-refractivity contribution < 1.29 is 4.74 Å². The molecule has 2 nitrogen and oxygen atoms in total. The van der Waals surface area contributed by atoms with E-state index in [2.05, 4.69) is 36.5 Å². The lowest BCUT2D eigenvalue weighted by molar-refractivity contribution is 0.299. The van der Waals surface area contributed by atoms with Gasteiger partial charge in [-0.1, -0.05) is 19.1 Å². The molecule has 0 aliphatic heterocycles. The first-order valence-corrected chi connectivity index (χ1v) is 6.31. The van der Waals surface area contributed by atoms with Crippen molar-refractivity contribution in [3.05, 3.63) is 29.8 Å². The molecule has 0 amide bonds. The molecule has 0 aromatic heterocycles. The van der Waals surface area contributed by atoms with Crippen LogP contribution in [0.5, 0.6) is 5.75 Å². The summed E-state index contributed by atoms with van der Waals surface area (Å²) in [6, 6.07) is 8.44. The molecule has 1 N–H and O–H groups in total. The molecule has 1 saturated carbocycles. The van der Waals surface area contributed by atoms with Crippen LogP contribution in [0.25, 0.3) is 0 Å². The summed E-state index contributed by atoms with van der Waals surface area (Å²) in [5, 5.41) is 3.39. The zero-order valence-electron chi connectivity index (χ0n) is 10.0. The quantitative estimate of drug-likeness (QED) is 0.712. The highest BCUT2D eigenvalue weighted by molar-refractivity contribution is 5.27. The van der Waals surface area contributed by atoms with Crippen LogP contribution < -0.4 is 10.1 Å². The first kappa shape index (κ1) is 11.5. The molecular formula is C14H21NO. The summed E-state index contributed by atoms with van der Waals surface area (Å²) in [6.45, 7) is 5.12. The molecule has 2 rings (SSSR count). The molecule has 0 bridgehead atoms. The summed E-state index contributed by atoms with van der Waals surface area (Å²) in [7, 11) is 0. The molecule has 1 aliphatic rings. The number of hydrogen-bond acceptors (Lipinski definition) is 2. The van der Waals surface area contributed by atoms with E-state index in [0.29, 0.717) is 0 Å². The molecule has 0 saturated heterocycles. The first-order chi connectivity index (χ1) is 7.88. The molecule has 88 valence electrons. The maximum Gasteiger partial charge on any atom is 0.119 e. The molecular weight excluding hydrogens is 198 g/mol. The third kappa shape index (κ3) is 3.86. The third-order valence-electron chi connectivity index (χ3n) is 2.86. The average Bonchev–Trinajstić information content (AvgIpc) is 3.12. The number of rotatable bonds is 7. The van der Waals surface area contributed by atoms with Gasteiger partial charge in [0.25, 0.3) is 0 Å². The molecule has 1 fully saturated rings. The van der Waals surface area contributed by atoms with Crippen molar-refractivity contribution in [2.24, 2.45) is 5.92 Å². The monoisotopic (exact) mass is 219 g/mol. The van der Waals surface area contributed by atoms with E-state index in [0.717, 1.165) is 31.4 Å². The molecule has 1 aromatic rings. The van der Waals surface area contributed by atoms with Crippen LogP contribution in [-0.2, 0) is 6.54 Å². The van der Waals surface area contributed by atoms with Crippen molar-refractivity contribution in [2.75, 3.05) is 13.2 Å². The van der Waals surface area contributed by atoms with E-state index < -0.39 is 0 Å². The van der Waals surface area contributed by atoms with Gasteiger partial charge in [0.2, 0.25) is 0 Å². The summed E-state index contributed by atoms with van der Waals surface area (Å²) < 4.78 is 5.69. The fourth-order valence-electron chi connectivity index (χ4n) is 1.61. The van der Waals surface area contributed by atoms with Gasteiger partial charge in [-0.05, 0) is 49.4 Å². The van der Waals surface area contributed by atoms with Crippen molar-refractivity contribution in [1.29, 1.82) is 0 Å². The number of ether oxygens (including phenoxy) is 1. The second kappa shape index (κ2) is 5.90. The Labute approximate surface area is 98.0 Å². The lowest BCUT2D eigenvalue weighted by Gasteiger charge is -2.07. The van der Waals surface area contributed by atoms with E-state index >= 15 is 0 Å². The summed E-state index contributed by atoms with van der Waals surface area (Å²) in [6.07, 6.45) is 3.88. The Bertz CT molecular complexity index is 303. The summed E-state index contributed by atoms with van der Waals surface area (Å²) in [5.41, 5.74) is 1.33. The Kier molecular flexibility index (Phi) is 4.23. The zero-order chi connectivity index (χ0) is 11.2. The van der Waals surface area contributed by atoms with Crippen LogP contribution in [0, 0.1) is 5.92 Å². The highest BCUT2D eigenvalue weighted by Gasteiger charge is 2.21. The van der Waals surface area contributed by atoms with Crippen molar-refractivity contribution in [3.8, 4) is 5.75 Å². The van der Waals surface area contributed by atoms with Crippen LogP contribution in [0.2, 0.25) is 0 Å². The zero-order valence-corrected chi connectivity index (χ0v) is 10.0. The largest absolute Gasteiger partial charge is 0.493 e. The van der Waals surface area contributed by atoms with Gasteiger partial charge in [0.15, 0.2) is 0 Å². The Morgan fingerprint density at radius 1 is 1.25 bits per heavy atom. The van der Waals surface area contributed by atoms with E-state index in [9.17, 15) is 0 Å². The molecule has 0 spiro atoms. The molecule has 1 aliphatic carbocycles. The Balaban J connectivity index is 1.74. The highest BCUT2D eigenvalue weighted by atomic mass is 16.5. The highest BCUT2D eigenvalue weighted by Crippen LogP contribution is 2.29. The summed E-state index contributed by atoms with van der Waals surface area (Å²) in [5.74, 6) is 1.83. The van der Waals surface area contributed by atoms with Gasteiger partial charge in [-0.2, -0.15) is 0 Å². The predicted molar refractivity (Wildman–Crippen MR) is 66.7 cm³/mol. The third-order valence-corrected chi connectivity index (χ3v) is 2.86. The lowest BCUT2D eigenvalue weighted by atomic mass is 10.2. The topological polar surface area (TPSA) is 21.3 Å². The van der Waals surface area contributed by atoms with Gasteiger partial charge in [-0.25, -0.2) is 0 Å². The van der Waals surface area contributed by atoms with Crippen molar-refractivity contribution in [3.63, 3.8) is 0 Å². The van der Waals surface area contributed by atoms with Crippen LogP contribution >= 0.6 is 0 Å². The van der Waals surface area contributed by atoms with Crippen molar-refractivity contribution in [1.82, 2.24) is 5.32 Å². The molecule has 16 heavy (non-hydrogen) atoms. The minimum absolute atomic E-state index is 0.825. The van der Waals surface area contributed by atoms with Crippen molar-refractivity contribution in [2.45, 2.75) is 32.7 Å². The standard InChI is InChI=1S/C14H21NO/c1-2-9-15-10-12-5-7-14(8-6-12)16-11-13-3-4-13/h5-8,13,15H,2-4,9-11H2,1H3. The van der Waals surface area contributed by atoms with Crippen LogP contribution in [0.3, 0.4) is 0 Å². The first-order valence-electron chi connectivity index (χ1n) is 6.31. The molecule has 0 radical (unpaired) electrons. The molecule has 0 atom stereocenters. The van der Waals surface area contributed by atoms with E-state index in [1.54, 1.807) is 0 Å². The Hall–Kier alpha value is -1.02. The van der Waals surface area contributed by atoms with E-state index in [4.69, 9.17) is 4.74 Å². The maximum atomic E-state index is 5.69. The van der Waals surface area contributed by atoms with E-state index in [-0.39, 0.29) is 0 Å². The van der Waals surface area contributed by atoms with Gasteiger partial charge in [0.05, 0.1) is 6.61 Å². The predicted octanol–water partition coefficient (Wildman–Crippen LogP) is 2.98. The normalized spacial score (nSPS) is 15.1.